The fourth-order valence-electron chi connectivity index (χ4n) is 2.34. The van der Waals surface area contributed by atoms with Gasteiger partial charge in [0.1, 0.15) is 5.75 Å². The third kappa shape index (κ3) is 4.76. The lowest BCUT2D eigenvalue weighted by atomic mass is 10.1. The zero-order chi connectivity index (χ0) is 19.3. The van der Waals surface area contributed by atoms with Gasteiger partial charge in [0, 0.05) is 10.0 Å². The first-order chi connectivity index (χ1) is 12.3. The monoisotopic (exact) mass is 420 g/mol. The minimum Gasteiger partial charge on any atom is -0.504 e. The molecule has 0 atom stereocenters. The molecule has 0 aliphatic rings. The molecule has 0 heterocycles. The second-order valence-electron chi connectivity index (χ2n) is 5.78. The van der Waals surface area contributed by atoms with Crippen molar-refractivity contribution in [3.8, 4) is 17.2 Å². The number of halogens is 1. The van der Waals surface area contributed by atoms with Gasteiger partial charge in [-0.05, 0) is 49.6 Å². The molecule has 2 N–H and O–H groups in total. The molecule has 0 bridgehead atoms. The van der Waals surface area contributed by atoms with Gasteiger partial charge in [0.25, 0.3) is 5.91 Å². The van der Waals surface area contributed by atoms with Crippen LogP contribution in [0.5, 0.6) is 17.2 Å². The van der Waals surface area contributed by atoms with E-state index in [-0.39, 0.29) is 12.4 Å². The summed E-state index contributed by atoms with van der Waals surface area (Å²) in [6.07, 6.45) is 1.34. The number of hydrazone groups is 1. The van der Waals surface area contributed by atoms with Gasteiger partial charge in [-0.15, -0.1) is 0 Å². The summed E-state index contributed by atoms with van der Waals surface area (Å²) in [5.41, 5.74) is 5.86. The number of carbonyl (C=O) groups is 1. The van der Waals surface area contributed by atoms with E-state index in [1.54, 1.807) is 12.1 Å². The Hall–Kier alpha value is -2.54. The van der Waals surface area contributed by atoms with E-state index in [2.05, 4.69) is 26.5 Å². The predicted octanol–water partition coefficient (Wildman–Crippen LogP) is 3.62. The number of amides is 1. The zero-order valence-corrected chi connectivity index (χ0v) is 16.7. The van der Waals surface area contributed by atoms with Gasteiger partial charge in [-0.25, -0.2) is 5.43 Å². The minimum absolute atomic E-state index is 0.0593. The van der Waals surface area contributed by atoms with Crippen molar-refractivity contribution in [1.29, 1.82) is 0 Å². The van der Waals surface area contributed by atoms with Crippen LogP contribution in [0.4, 0.5) is 0 Å². The van der Waals surface area contributed by atoms with E-state index in [0.29, 0.717) is 21.5 Å². The van der Waals surface area contributed by atoms with Crippen LogP contribution in [0.15, 0.2) is 33.8 Å². The van der Waals surface area contributed by atoms with E-state index >= 15 is 0 Å². The summed E-state index contributed by atoms with van der Waals surface area (Å²) in [5.74, 6) is 0.554. The van der Waals surface area contributed by atoms with E-state index in [0.717, 1.165) is 16.7 Å². The molecule has 0 aromatic heterocycles. The molecule has 0 radical (unpaired) electrons. The van der Waals surface area contributed by atoms with Crippen molar-refractivity contribution < 1.29 is 19.4 Å². The lowest BCUT2D eigenvalue weighted by Crippen LogP contribution is -2.25. The van der Waals surface area contributed by atoms with E-state index in [1.165, 1.54) is 13.3 Å². The Bertz CT molecular complexity index is 850. The van der Waals surface area contributed by atoms with Gasteiger partial charge in [0.2, 0.25) is 0 Å². The lowest BCUT2D eigenvalue weighted by Gasteiger charge is -2.13. The zero-order valence-electron chi connectivity index (χ0n) is 15.1. The first-order valence-corrected chi connectivity index (χ1v) is 8.70. The lowest BCUT2D eigenvalue weighted by molar-refractivity contribution is -0.123. The number of hydrogen-bond acceptors (Lipinski definition) is 5. The topological polar surface area (TPSA) is 80.2 Å². The molecule has 0 aliphatic carbocycles. The Morgan fingerprint density at radius 2 is 1.96 bits per heavy atom. The number of aryl methyl sites for hydroxylation is 2. The summed E-state index contributed by atoms with van der Waals surface area (Å²) in [5, 5.41) is 13.9. The second kappa shape index (κ2) is 8.71. The Morgan fingerprint density at radius 1 is 1.27 bits per heavy atom. The molecule has 26 heavy (non-hydrogen) atoms. The maximum Gasteiger partial charge on any atom is 0.277 e. The largest absolute Gasteiger partial charge is 0.504 e. The van der Waals surface area contributed by atoms with E-state index in [1.807, 2.05) is 32.9 Å². The van der Waals surface area contributed by atoms with E-state index in [4.69, 9.17) is 9.47 Å². The summed E-state index contributed by atoms with van der Waals surface area (Å²) >= 11 is 3.32. The number of benzene rings is 2. The molecule has 2 rings (SSSR count). The van der Waals surface area contributed by atoms with Crippen molar-refractivity contribution >= 4 is 28.1 Å². The van der Waals surface area contributed by atoms with Crippen LogP contribution >= 0.6 is 15.9 Å². The Kier molecular flexibility index (Phi) is 6.63. The maximum absolute atomic E-state index is 11.9. The van der Waals surface area contributed by atoms with Crippen LogP contribution in [0.25, 0.3) is 0 Å². The summed E-state index contributed by atoms with van der Waals surface area (Å²) in [6.45, 7) is 5.72. The third-order valence-electron chi connectivity index (χ3n) is 3.90. The molecule has 0 fully saturated rings. The van der Waals surface area contributed by atoms with E-state index in [9.17, 15) is 9.90 Å². The quantitative estimate of drug-likeness (QED) is 0.552. The highest BCUT2D eigenvalue weighted by Gasteiger charge is 2.10. The number of phenols is 1. The summed E-state index contributed by atoms with van der Waals surface area (Å²) in [7, 11) is 1.46. The molecule has 2 aromatic rings. The molecule has 0 unspecified atom stereocenters. The van der Waals surface area contributed by atoms with Crippen molar-refractivity contribution in [2.75, 3.05) is 13.7 Å². The number of hydrogen-bond donors (Lipinski definition) is 2. The van der Waals surface area contributed by atoms with Gasteiger partial charge in [-0.3, -0.25) is 4.79 Å². The van der Waals surface area contributed by atoms with Crippen LogP contribution in [-0.2, 0) is 4.79 Å². The number of rotatable bonds is 6. The van der Waals surface area contributed by atoms with Crippen molar-refractivity contribution in [3.63, 3.8) is 0 Å². The third-order valence-corrected chi connectivity index (χ3v) is 4.36. The van der Waals surface area contributed by atoms with Gasteiger partial charge < -0.3 is 14.6 Å². The van der Waals surface area contributed by atoms with Gasteiger partial charge in [0.15, 0.2) is 18.1 Å². The summed E-state index contributed by atoms with van der Waals surface area (Å²) in [6, 6.07) is 7.26. The number of methoxy groups -OCH3 is 1. The number of ether oxygens (including phenoxy) is 2. The minimum atomic E-state index is -0.400. The van der Waals surface area contributed by atoms with Gasteiger partial charge in [-0.2, -0.15) is 5.10 Å². The molecule has 2 aromatic carbocycles. The number of aromatic hydroxyl groups is 1. The molecule has 1 amide bonds. The highest BCUT2D eigenvalue weighted by Crippen LogP contribution is 2.32. The van der Waals surface area contributed by atoms with E-state index < -0.39 is 5.91 Å². The van der Waals surface area contributed by atoms with Crippen LogP contribution in [0, 0.1) is 20.8 Å². The summed E-state index contributed by atoms with van der Waals surface area (Å²) in [4.78, 5) is 11.9. The number of nitrogens with zero attached hydrogens (tertiary/aromatic N) is 1. The van der Waals surface area contributed by atoms with Gasteiger partial charge >= 0.3 is 0 Å². The second-order valence-corrected chi connectivity index (χ2v) is 6.70. The smallest absolute Gasteiger partial charge is 0.277 e. The molecular formula is C19H21BrN2O4. The van der Waals surface area contributed by atoms with Gasteiger partial charge in [0.05, 0.1) is 13.3 Å². The van der Waals surface area contributed by atoms with Crippen molar-refractivity contribution in [2.24, 2.45) is 5.10 Å². The first kappa shape index (κ1) is 19.8. The van der Waals surface area contributed by atoms with Crippen LogP contribution in [0.1, 0.15) is 22.3 Å². The average Bonchev–Trinajstić information content (AvgIpc) is 2.60. The maximum atomic E-state index is 11.9. The highest BCUT2D eigenvalue weighted by molar-refractivity contribution is 9.10. The number of phenolic OH excluding ortho intramolecular Hbond substituents is 1. The molecule has 0 aliphatic heterocycles. The average molecular weight is 421 g/mol. The molecule has 7 heteroatoms. The molecular weight excluding hydrogens is 400 g/mol. The number of carbonyl (C=O) groups excluding carboxylic acids is 1. The SMILES string of the molecule is COc1cc(Br)cc(/C=N\NC(=O)COc2c(C)ccc(C)c2C)c1O. The molecule has 0 saturated heterocycles. The highest BCUT2D eigenvalue weighted by atomic mass is 79.9. The standard InChI is InChI=1S/C19H21BrN2O4/c1-11-5-6-12(2)19(13(11)3)26-10-17(23)22-21-9-14-7-15(20)8-16(25-4)18(14)24/h5-9,24H,10H2,1-4H3,(H,22,23)/b21-9-. The molecule has 6 nitrogen and oxygen atoms in total. The van der Waals surface area contributed by atoms with Crippen molar-refractivity contribution in [2.45, 2.75) is 20.8 Å². The normalized spacial score (nSPS) is 10.8. The first-order valence-electron chi connectivity index (χ1n) is 7.91. The number of nitrogens with one attached hydrogen (secondary N) is 1. The Balaban J connectivity index is 1.99. The molecule has 0 spiro atoms. The molecule has 0 saturated carbocycles. The van der Waals surface area contributed by atoms with Crippen molar-refractivity contribution in [3.05, 3.63) is 51.0 Å². The van der Waals surface area contributed by atoms with Crippen LogP contribution in [0.3, 0.4) is 0 Å². The Labute approximate surface area is 161 Å². The predicted molar refractivity (Wildman–Crippen MR) is 104 cm³/mol. The van der Waals surface area contributed by atoms with Crippen molar-refractivity contribution in [1.82, 2.24) is 5.43 Å². The molecule has 138 valence electrons. The van der Waals surface area contributed by atoms with Gasteiger partial charge in [-0.1, -0.05) is 28.1 Å². The fourth-order valence-corrected chi connectivity index (χ4v) is 2.79. The van der Waals surface area contributed by atoms with Crippen LogP contribution in [-0.4, -0.2) is 30.9 Å². The Morgan fingerprint density at radius 3 is 2.65 bits per heavy atom. The van der Waals surface area contributed by atoms with Crippen LogP contribution in [0.2, 0.25) is 0 Å². The van der Waals surface area contributed by atoms with Crippen LogP contribution < -0.4 is 14.9 Å². The summed E-state index contributed by atoms with van der Waals surface area (Å²) < 4.78 is 11.4. The fraction of sp³-hybridized carbons (Fsp3) is 0.263.